The minimum Gasteiger partial charge on any atom is -0.350 e. The number of hydrogen-bond acceptors (Lipinski definition) is 1. The van der Waals surface area contributed by atoms with E-state index in [-0.39, 0.29) is 0 Å². The Bertz CT molecular complexity index is 540. The van der Waals surface area contributed by atoms with Crippen molar-refractivity contribution in [2.75, 3.05) is 6.54 Å². The van der Waals surface area contributed by atoms with E-state index < -0.39 is 0 Å². The first-order chi connectivity index (χ1) is 7.63. The van der Waals surface area contributed by atoms with Crippen molar-refractivity contribution in [1.82, 2.24) is 4.57 Å². The highest BCUT2D eigenvalue weighted by Gasteiger charge is 2.09. The van der Waals surface area contributed by atoms with Crippen LogP contribution in [0.2, 0.25) is 5.02 Å². The Labute approximate surface area is 100 Å². The number of aromatic nitrogens is 1. The second kappa shape index (κ2) is 4.32. The maximum Gasteiger partial charge on any atom is 0.0498 e. The van der Waals surface area contributed by atoms with E-state index in [9.17, 15) is 0 Å². The molecule has 0 aliphatic carbocycles. The number of benzene rings is 1. The zero-order valence-corrected chi connectivity index (χ0v) is 10.1. The van der Waals surface area contributed by atoms with Crippen LogP contribution in [0, 0.1) is 0 Å². The highest BCUT2D eigenvalue weighted by Crippen LogP contribution is 2.29. The first kappa shape index (κ1) is 11.2. The molecule has 2 nitrogen and oxygen atoms in total. The molecule has 1 aromatic heterocycles. The van der Waals surface area contributed by atoms with Crippen LogP contribution in [0.4, 0.5) is 0 Å². The Balaban J connectivity index is 2.59. The summed E-state index contributed by atoms with van der Waals surface area (Å²) >= 11 is 5.98. The van der Waals surface area contributed by atoms with Crippen LogP contribution < -0.4 is 5.73 Å². The highest BCUT2D eigenvalue weighted by atomic mass is 35.5. The molecule has 84 valence electrons. The molecule has 0 spiro atoms. The molecule has 1 heterocycles. The van der Waals surface area contributed by atoms with Gasteiger partial charge in [0.15, 0.2) is 0 Å². The quantitative estimate of drug-likeness (QED) is 0.869. The van der Waals surface area contributed by atoms with Crippen LogP contribution in [0.5, 0.6) is 0 Å². The Hall–Kier alpha value is -1.25. The first-order valence-electron chi connectivity index (χ1n) is 5.26. The molecule has 16 heavy (non-hydrogen) atoms. The number of hydrogen-bond donors (Lipinski definition) is 1. The van der Waals surface area contributed by atoms with Gasteiger partial charge in [-0.25, -0.2) is 0 Å². The topological polar surface area (TPSA) is 30.9 Å². The van der Waals surface area contributed by atoms with Gasteiger partial charge in [0.25, 0.3) is 0 Å². The predicted octanol–water partition coefficient (Wildman–Crippen LogP) is 3.19. The third-order valence-corrected chi connectivity index (χ3v) is 3.01. The molecule has 2 N–H and O–H groups in total. The fourth-order valence-electron chi connectivity index (χ4n) is 1.95. The van der Waals surface area contributed by atoms with Gasteiger partial charge in [0.2, 0.25) is 0 Å². The zero-order valence-electron chi connectivity index (χ0n) is 9.33. The smallest absolute Gasteiger partial charge is 0.0498 e. The number of aryl methyl sites for hydroxylation is 1. The van der Waals surface area contributed by atoms with Crippen molar-refractivity contribution in [3.63, 3.8) is 0 Å². The van der Waals surface area contributed by atoms with E-state index in [1.54, 1.807) is 0 Å². The van der Waals surface area contributed by atoms with Crippen molar-refractivity contribution in [2.24, 2.45) is 12.8 Å². The van der Waals surface area contributed by atoms with Crippen LogP contribution in [0.25, 0.3) is 16.5 Å². The molecule has 0 unspecified atom stereocenters. The van der Waals surface area contributed by atoms with Crippen molar-refractivity contribution >= 4 is 28.1 Å². The molecule has 0 fully saturated rings. The van der Waals surface area contributed by atoms with Crippen LogP contribution in [0.1, 0.15) is 12.0 Å². The number of fused-ring (bicyclic) bond motifs is 1. The average Bonchev–Trinajstić information content (AvgIpc) is 2.56. The van der Waals surface area contributed by atoms with Gasteiger partial charge in [-0.3, -0.25) is 0 Å². The van der Waals surface area contributed by atoms with Crippen LogP contribution in [-0.2, 0) is 7.05 Å². The largest absolute Gasteiger partial charge is 0.350 e. The summed E-state index contributed by atoms with van der Waals surface area (Å²) in [6.07, 6.45) is 2.90. The van der Waals surface area contributed by atoms with Crippen molar-refractivity contribution in [3.8, 4) is 0 Å². The Morgan fingerprint density at radius 2 is 2.25 bits per heavy atom. The molecule has 0 saturated heterocycles. The first-order valence-corrected chi connectivity index (χ1v) is 5.64. The summed E-state index contributed by atoms with van der Waals surface area (Å²) in [4.78, 5) is 0. The summed E-state index contributed by atoms with van der Waals surface area (Å²) in [5.41, 5.74) is 8.92. The summed E-state index contributed by atoms with van der Waals surface area (Å²) in [7, 11) is 2.01. The lowest BCUT2D eigenvalue weighted by molar-refractivity contribution is 0.963. The normalized spacial score (nSPS) is 10.9. The lowest BCUT2D eigenvalue weighted by Crippen LogP contribution is -1.98. The molecule has 0 saturated carbocycles. The second-order valence-corrected chi connectivity index (χ2v) is 4.39. The number of halogens is 1. The lowest BCUT2D eigenvalue weighted by Gasteiger charge is -2.01. The molecule has 0 bridgehead atoms. The summed E-state index contributed by atoms with van der Waals surface area (Å²) < 4.78 is 2.07. The van der Waals surface area contributed by atoms with E-state index in [1.807, 2.05) is 25.2 Å². The number of nitrogens with zero attached hydrogens (tertiary/aromatic N) is 1. The standard InChI is InChI=1S/C13H15ClN2/c1-9(5-6-15)12-8-16(2)13-7-10(14)3-4-11(12)13/h3-4,7-8H,1,5-6,15H2,2H3. The fourth-order valence-corrected chi connectivity index (χ4v) is 2.11. The molecule has 0 radical (unpaired) electrons. The molecule has 0 aliphatic heterocycles. The molecule has 2 aromatic rings. The minimum absolute atomic E-state index is 0.628. The van der Waals surface area contributed by atoms with Gasteiger partial charge in [0, 0.05) is 34.7 Å². The summed E-state index contributed by atoms with van der Waals surface area (Å²) in [5.74, 6) is 0. The van der Waals surface area contributed by atoms with Gasteiger partial charge in [0.05, 0.1) is 0 Å². The van der Waals surface area contributed by atoms with Crippen LogP contribution in [0.3, 0.4) is 0 Å². The Morgan fingerprint density at radius 3 is 2.94 bits per heavy atom. The summed E-state index contributed by atoms with van der Waals surface area (Å²) in [6.45, 7) is 4.70. The molecule has 1 aromatic carbocycles. The Morgan fingerprint density at radius 1 is 1.50 bits per heavy atom. The summed E-state index contributed by atoms with van der Waals surface area (Å²) in [5, 5.41) is 1.94. The fraction of sp³-hybridized carbons (Fsp3) is 0.231. The number of nitrogens with two attached hydrogens (primary N) is 1. The van der Waals surface area contributed by atoms with Gasteiger partial charge in [-0.15, -0.1) is 0 Å². The average molecular weight is 235 g/mol. The van der Waals surface area contributed by atoms with E-state index in [0.717, 1.165) is 22.5 Å². The second-order valence-electron chi connectivity index (χ2n) is 3.96. The third-order valence-electron chi connectivity index (χ3n) is 2.78. The van der Waals surface area contributed by atoms with Crippen molar-refractivity contribution in [2.45, 2.75) is 6.42 Å². The zero-order chi connectivity index (χ0) is 11.7. The molecule has 0 atom stereocenters. The number of rotatable bonds is 3. The van der Waals surface area contributed by atoms with E-state index in [1.165, 1.54) is 10.9 Å². The lowest BCUT2D eigenvalue weighted by atomic mass is 10.0. The maximum absolute atomic E-state index is 5.98. The molecule has 0 amide bonds. The summed E-state index contributed by atoms with van der Waals surface area (Å²) in [6, 6.07) is 5.91. The molecule has 0 aliphatic rings. The third kappa shape index (κ3) is 1.86. The van der Waals surface area contributed by atoms with Gasteiger partial charge in [-0.1, -0.05) is 24.2 Å². The maximum atomic E-state index is 5.98. The monoisotopic (exact) mass is 234 g/mol. The molecule has 3 heteroatoms. The van der Waals surface area contributed by atoms with Gasteiger partial charge in [-0.2, -0.15) is 0 Å². The van der Waals surface area contributed by atoms with Crippen molar-refractivity contribution in [1.29, 1.82) is 0 Å². The van der Waals surface area contributed by atoms with E-state index in [2.05, 4.69) is 17.3 Å². The van der Waals surface area contributed by atoms with Gasteiger partial charge in [0.1, 0.15) is 0 Å². The minimum atomic E-state index is 0.628. The van der Waals surface area contributed by atoms with E-state index in [4.69, 9.17) is 17.3 Å². The SMILES string of the molecule is C=C(CCN)c1cn(C)c2cc(Cl)ccc12. The van der Waals surface area contributed by atoms with Crippen molar-refractivity contribution < 1.29 is 0 Å². The highest BCUT2D eigenvalue weighted by molar-refractivity contribution is 6.31. The molecular formula is C13H15ClN2. The van der Waals surface area contributed by atoms with Crippen LogP contribution in [-0.4, -0.2) is 11.1 Å². The van der Waals surface area contributed by atoms with Crippen LogP contribution >= 0.6 is 11.6 Å². The van der Waals surface area contributed by atoms with Gasteiger partial charge < -0.3 is 10.3 Å². The van der Waals surface area contributed by atoms with Gasteiger partial charge in [-0.05, 0) is 30.7 Å². The molecule has 2 rings (SSSR count). The van der Waals surface area contributed by atoms with Gasteiger partial charge >= 0.3 is 0 Å². The van der Waals surface area contributed by atoms with E-state index >= 15 is 0 Å². The Kier molecular flexibility index (Phi) is 3.03. The van der Waals surface area contributed by atoms with Crippen LogP contribution in [0.15, 0.2) is 31.0 Å². The van der Waals surface area contributed by atoms with Crippen molar-refractivity contribution in [3.05, 3.63) is 41.6 Å². The van der Waals surface area contributed by atoms with E-state index in [0.29, 0.717) is 6.54 Å². The predicted molar refractivity (Wildman–Crippen MR) is 70.6 cm³/mol. The molecular weight excluding hydrogens is 220 g/mol.